The van der Waals surface area contributed by atoms with Crippen LogP contribution in [0, 0.1) is 5.92 Å². The average molecular weight is 260 g/mol. The predicted octanol–water partition coefficient (Wildman–Crippen LogP) is 1.78. The molecule has 0 saturated heterocycles. The second-order valence-electron chi connectivity index (χ2n) is 4.86. The number of hydrogen-bond acceptors (Lipinski definition) is 3. The Balaban J connectivity index is 2.02. The third kappa shape index (κ3) is 3.15. The van der Waals surface area contributed by atoms with Crippen LogP contribution in [0.4, 0.5) is 0 Å². The van der Waals surface area contributed by atoms with Gasteiger partial charge in [0, 0.05) is 11.6 Å². The summed E-state index contributed by atoms with van der Waals surface area (Å²) in [6.07, 6.45) is 4.46. The first-order chi connectivity index (χ1) is 9.11. The molecule has 0 aliphatic heterocycles. The summed E-state index contributed by atoms with van der Waals surface area (Å²) < 4.78 is 5.31. The zero-order valence-electron chi connectivity index (χ0n) is 11.3. The van der Waals surface area contributed by atoms with E-state index in [0.29, 0.717) is 6.42 Å². The van der Waals surface area contributed by atoms with E-state index in [-0.39, 0.29) is 23.9 Å². The lowest BCUT2D eigenvalue weighted by molar-refractivity contribution is -0.124. The summed E-state index contributed by atoms with van der Waals surface area (Å²) in [6, 6.07) is 7.61. The summed E-state index contributed by atoms with van der Waals surface area (Å²) >= 11 is 0. The number of rotatable bonds is 4. The Hall–Kier alpha value is -1.81. The molecule has 3 N–H and O–H groups in total. The molecule has 2 unspecified atom stereocenters. The van der Waals surface area contributed by atoms with Gasteiger partial charge in [-0.15, -0.1) is 0 Å². The van der Waals surface area contributed by atoms with E-state index in [1.807, 2.05) is 43.3 Å². The Morgan fingerprint density at radius 2 is 2.16 bits per heavy atom. The van der Waals surface area contributed by atoms with Crippen LogP contribution in [0.2, 0.25) is 0 Å². The van der Waals surface area contributed by atoms with E-state index in [2.05, 4.69) is 5.32 Å². The highest BCUT2D eigenvalue weighted by Crippen LogP contribution is 2.25. The van der Waals surface area contributed by atoms with Crippen molar-refractivity contribution < 1.29 is 9.53 Å². The minimum Gasteiger partial charge on any atom is -0.496 e. The van der Waals surface area contributed by atoms with Crippen LogP contribution < -0.4 is 15.8 Å². The molecule has 0 bridgehead atoms. The maximum absolute atomic E-state index is 12.1. The molecule has 102 valence electrons. The quantitative estimate of drug-likeness (QED) is 0.811. The molecule has 0 saturated carbocycles. The van der Waals surface area contributed by atoms with E-state index < -0.39 is 0 Å². The molecular formula is C15H20N2O2. The number of hydrogen-bond donors (Lipinski definition) is 2. The molecule has 1 aliphatic rings. The van der Waals surface area contributed by atoms with Gasteiger partial charge in [-0.25, -0.2) is 0 Å². The fourth-order valence-corrected chi connectivity index (χ4v) is 2.34. The number of benzene rings is 1. The van der Waals surface area contributed by atoms with Crippen molar-refractivity contribution in [2.75, 3.05) is 7.11 Å². The zero-order valence-corrected chi connectivity index (χ0v) is 11.3. The first-order valence-electron chi connectivity index (χ1n) is 6.49. The number of nitrogens with two attached hydrogens (primary N) is 1. The van der Waals surface area contributed by atoms with Gasteiger partial charge >= 0.3 is 0 Å². The highest BCUT2D eigenvalue weighted by molar-refractivity contribution is 5.81. The van der Waals surface area contributed by atoms with Crippen molar-refractivity contribution in [3.05, 3.63) is 42.0 Å². The van der Waals surface area contributed by atoms with Gasteiger partial charge in [-0.2, -0.15) is 0 Å². The van der Waals surface area contributed by atoms with Crippen molar-refractivity contribution in [2.24, 2.45) is 11.7 Å². The third-order valence-electron chi connectivity index (χ3n) is 3.42. The lowest BCUT2D eigenvalue weighted by Gasteiger charge is -2.19. The minimum absolute atomic E-state index is 0.00248. The molecule has 1 aromatic rings. The van der Waals surface area contributed by atoms with Gasteiger partial charge in [0.25, 0.3) is 0 Å². The fraction of sp³-hybridized carbons (Fsp3) is 0.400. The van der Waals surface area contributed by atoms with Gasteiger partial charge in [-0.1, -0.05) is 30.4 Å². The van der Waals surface area contributed by atoms with Crippen LogP contribution in [0.25, 0.3) is 0 Å². The fourth-order valence-electron chi connectivity index (χ4n) is 2.34. The summed E-state index contributed by atoms with van der Waals surface area (Å²) in [5.41, 5.74) is 6.74. The lowest BCUT2D eigenvalue weighted by atomic mass is 10.0. The summed E-state index contributed by atoms with van der Waals surface area (Å²) in [6.45, 7) is 1.95. The minimum atomic E-state index is -0.118. The standard InChI is InChI=1S/C15H20N2O2/c1-10(13-5-3-4-6-14(13)19-2)17-15(18)11-7-8-12(16)9-11/h3-8,10-12H,9,16H2,1-2H3,(H,17,18)/t10-,11?,12?/m0/s1. The Morgan fingerprint density at radius 1 is 1.42 bits per heavy atom. The van der Waals surface area contributed by atoms with Crippen LogP contribution in [0.1, 0.15) is 24.9 Å². The summed E-state index contributed by atoms with van der Waals surface area (Å²) in [7, 11) is 1.63. The van der Waals surface area contributed by atoms with E-state index in [1.54, 1.807) is 7.11 Å². The molecule has 4 nitrogen and oxygen atoms in total. The van der Waals surface area contributed by atoms with Gasteiger partial charge in [0.05, 0.1) is 19.1 Å². The van der Waals surface area contributed by atoms with Gasteiger partial charge in [0.1, 0.15) is 5.75 Å². The predicted molar refractivity (Wildman–Crippen MR) is 74.8 cm³/mol. The maximum atomic E-state index is 12.1. The normalized spacial score (nSPS) is 23.1. The first-order valence-corrected chi connectivity index (χ1v) is 6.49. The van der Waals surface area contributed by atoms with E-state index >= 15 is 0 Å². The molecule has 19 heavy (non-hydrogen) atoms. The number of para-hydroxylation sites is 1. The highest BCUT2D eigenvalue weighted by atomic mass is 16.5. The zero-order chi connectivity index (χ0) is 13.8. The molecule has 0 spiro atoms. The van der Waals surface area contributed by atoms with E-state index in [1.165, 1.54) is 0 Å². The third-order valence-corrected chi connectivity index (χ3v) is 3.42. The van der Waals surface area contributed by atoms with Crippen molar-refractivity contribution in [3.63, 3.8) is 0 Å². The monoisotopic (exact) mass is 260 g/mol. The van der Waals surface area contributed by atoms with Crippen LogP contribution >= 0.6 is 0 Å². The number of carbonyl (C=O) groups excluding carboxylic acids is 1. The van der Waals surface area contributed by atoms with Gasteiger partial charge in [0.2, 0.25) is 5.91 Å². The Bertz CT molecular complexity index is 485. The first kappa shape index (κ1) is 13.6. The number of ether oxygens (including phenoxy) is 1. The van der Waals surface area contributed by atoms with E-state index in [0.717, 1.165) is 11.3 Å². The molecule has 3 atom stereocenters. The maximum Gasteiger partial charge on any atom is 0.227 e. The summed E-state index contributed by atoms with van der Waals surface area (Å²) in [4.78, 5) is 12.1. The smallest absolute Gasteiger partial charge is 0.227 e. The number of methoxy groups -OCH3 is 1. The van der Waals surface area contributed by atoms with Crippen molar-refractivity contribution in [3.8, 4) is 5.75 Å². The van der Waals surface area contributed by atoms with Gasteiger partial charge in [-0.3, -0.25) is 4.79 Å². The van der Waals surface area contributed by atoms with E-state index in [4.69, 9.17) is 10.5 Å². The Labute approximate surface area is 113 Å². The molecule has 1 amide bonds. The summed E-state index contributed by atoms with van der Waals surface area (Å²) in [5.74, 6) is 0.684. The van der Waals surface area contributed by atoms with Crippen LogP contribution in [0.15, 0.2) is 36.4 Å². The topological polar surface area (TPSA) is 64.3 Å². The largest absolute Gasteiger partial charge is 0.496 e. The number of amides is 1. The molecule has 0 fully saturated rings. The van der Waals surface area contributed by atoms with Crippen molar-refractivity contribution in [1.29, 1.82) is 0 Å². The second-order valence-corrected chi connectivity index (χ2v) is 4.86. The SMILES string of the molecule is COc1ccccc1[C@H](C)NC(=O)C1C=CC(N)C1. The number of nitrogens with one attached hydrogen (secondary N) is 1. The van der Waals surface area contributed by atoms with Crippen LogP contribution in [-0.2, 0) is 4.79 Å². The van der Waals surface area contributed by atoms with Gasteiger partial charge < -0.3 is 15.8 Å². The molecule has 1 aliphatic carbocycles. The van der Waals surface area contributed by atoms with Crippen LogP contribution in [0.3, 0.4) is 0 Å². The second kappa shape index (κ2) is 5.89. The van der Waals surface area contributed by atoms with Crippen LogP contribution in [0.5, 0.6) is 5.75 Å². The lowest BCUT2D eigenvalue weighted by Crippen LogP contribution is -2.32. The van der Waals surface area contributed by atoms with Crippen LogP contribution in [-0.4, -0.2) is 19.1 Å². The van der Waals surface area contributed by atoms with Crippen molar-refractivity contribution in [1.82, 2.24) is 5.32 Å². The van der Waals surface area contributed by atoms with Crippen molar-refractivity contribution >= 4 is 5.91 Å². The Morgan fingerprint density at radius 3 is 2.79 bits per heavy atom. The summed E-state index contributed by atoms with van der Waals surface area (Å²) in [5, 5.41) is 3.01. The number of carbonyl (C=O) groups is 1. The molecule has 0 heterocycles. The molecule has 2 rings (SSSR count). The highest BCUT2D eigenvalue weighted by Gasteiger charge is 2.24. The van der Waals surface area contributed by atoms with Crippen molar-refractivity contribution in [2.45, 2.75) is 25.4 Å². The van der Waals surface area contributed by atoms with Gasteiger partial charge in [-0.05, 0) is 19.4 Å². The molecule has 0 radical (unpaired) electrons. The molecule has 4 heteroatoms. The van der Waals surface area contributed by atoms with Gasteiger partial charge in [0.15, 0.2) is 0 Å². The Kier molecular flexibility index (Phi) is 4.22. The molecule has 1 aromatic carbocycles. The van der Waals surface area contributed by atoms with E-state index in [9.17, 15) is 4.79 Å². The molecule has 0 aromatic heterocycles. The average Bonchev–Trinajstić information content (AvgIpc) is 2.85. The molecular weight excluding hydrogens is 240 g/mol.